The van der Waals surface area contributed by atoms with Crippen LogP contribution in [0.25, 0.3) is 11.0 Å². The third-order valence-corrected chi connectivity index (χ3v) is 3.22. The van der Waals surface area contributed by atoms with E-state index in [9.17, 15) is 13.2 Å². The lowest BCUT2D eigenvalue weighted by Gasteiger charge is -2.10. The number of nitrogens with zero attached hydrogens (tertiary/aromatic N) is 3. The van der Waals surface area contributed by atoms with Gasteiger partial charge in [-0.25, -0.2) is 4.98 Å². The summed E-state index contributed by atoms with van der Waals surface area (Å²) in [6.07, 6.45) is -2.73. The van der Waals surface area contributed by atoms with Crippen LogP contribution in [0, 0.1) is 0 Å². The van der Waals surface area contributed by atoms with E-state index in [2.05, 4.69) is 15.4 Å². The van der Waals surface area contributed by atoms with Gasteiger partial charge in [-0.2, -0.15) is 18.3 Å². The average molecular weight is 307 g/mol. The van der Waals surface area contributed by atoms with Crippen molar-refractivity contribution in [1.29, 1.82) is 0 Å². The zero-order chi connectivity index (χ0) is 15.9. The van der Waals surface area contributed by atoms with Crippen molar-refractivity contribution < 1.29 is 13.2 Å². The Morgan fingerprint density at radius 2 is 1.86 bits per heavy atom. The Morgan fingerprint density at radius 1 is 1.18 bits per heavy atom. The van der Waals surface area contributed by atoms with Gasteiger partial charge in [0.1, 0.15) is 5.82 Å². The summed E-state index contributed by atoms with van der Waals surface area (Å²) in [5.74, 6) is 0.297. The molecule has 0 amide bonds. The van der Waals surface area contributed by atoms with Crippen molar-refractivity contribution in [2.75, 3.05) is 11.1 Å². The van der Waals surface area contributed by atoms with Crippen LogP contribution in [-0.2, 0) is 13.2 Å². The van der Waals surface area contributed by atoms with E-state index in [-0.39, 0.29) is 0 Å². The van der Waals surface area contributed by atoms with Crippen molar-refractivity contribution in [3.8, 4) is 0 Å². The number of nitrogens with one attached hydrogen (secondary N) is 1. The minimum Gasteiger partial charge on any atom is -0.384 e. The molecule has 22 heavy (non-hydrogen) atoms. The van der Waals surface area contributed by atoms with Crippen LogP contribution in [0.2, 0.25) is 0 Å². The quantitative estimate of drug-likeness (QED) is 0.762. The summed E-state index contributed by atoms with van der Waals surface area (Å²) in [6, 6.07) is 6.38. The van der Waals surface area contributed by atoms with E-state index >= 15 is 0 Å². The number of aromatic nitrogens is 3. The van der Waals surface area contributed by atoms with Crippen molar-refractivity contribution in [2.24, 2.45) is 7.05 Å². The second-order valence-corrected chi connectivity index (χ2v) is 4.80. The lowest BCUT2D eigenvalue weighted by molar-refractivity contribution is -0.137. The van der Waals surface area contributed by atoms with Gasteiger partial charge in [-0.3, -0.25) is 4.68 Å². The number of anilines is 3. The van der Waals surface area contributed by atoms with Gasteiger partial charge in [-0.05, 0) is 24.3 Å². The maximum Gasteiger partial charge on any atom is 0.416 e. The molecule has 0 aliphatic rings. The normalized spacial score (nSPS) is 11.8. The fourth-order valence-corrected chi connectivity index (χ4v) is 2.14. The molecule has 0 spiro atoms. The summed E-state index contributed by atoms with van der Waals surface area (Å²) in [7, 11) is 1.73. The lowest BCUT2D eigenvalue weighted by Crippen LogP contribution is -2.04. The van der Waals surface area contributed by atoms with E-state index in [0.717, 1.165) is 17.5 Å². The highest BCUT2D eigenvalue weighted by molar-refractivity contribution is 5.92. The van der Waals surface area contributed by atoms with Crippen molar-refractivity contribution in [2.45, 2.75) is 6.18 Å². The zero-order valence-electron chi connectivity index (χ0n) is 11.5. The van der Waals surface area contributed by atoms with E-state index in [0.29, 0.717) is 22.8 Å². The Kier molecular flexibility index (Phi) is 3.16. The molecule has 0 aliphatic carbocycles. The van der Waals surface area contributed by atoms with Crippen LogP contribution in [0.5, 0.6) is 0 Å². The van der Waals surface area contributed by atoms with Crippen LogP contribution in [-0.4, -0.2) is 14.8 Å². The number of nitrogens with two attached hydrogens (primary N) is 1. The van der Waals surface area contributed by atoms with Crippen molar-refractivity contribution >= 4 is 28.2 Å². The molecule has 8 heteroatoms. The third kappa shape index (κ3) is 2.54. The molecule has 0 fully saturated rings. The number of alkyl halides is 3. The molecule has 114 valence electrons. The van der Waals surface area contributed by atoms with E-state index in [1.807, 2.05) is 0 Å². The van der Waals surface area contributed by atoms with E-state index in [1.54, 1.807) is 24.0 Å². The number of benzene rings is 1. The largest absolute Gasteiger partial charge is 0.416 e. The number of halogens is 3. The number of hydrogen-bond acceptors (Lipinski definition) is 4. The smallest absolute Gasteiger partial charge is 0.384 e. The van der Waals surface area contributed by atoms with E-state index < -0.39 is 11.7 Å². The molecule has 1 aromatic carbocycles. The van der Waals surface area contributed by atoms with Gasteiger partial charge >= 0.3 is 6.18 Å². The Labute approximate surface area is 123 Å². The topological polar surface area (TPSA) is 68.8 Å². The summed E-state index contributed by atoms with van der Waals surface area (Å²) < 4.78 is 39.2. The molecular formula is C14H12F3N5. The molecule has 0 unspecified atom stereocenters. The predicted octanol–water partition coefficient (Wildman–Crippen LogP) is 3.31. The maximum absolute atomic E-state index is 12.6. The molecule has 0 aliphatic heterocycles. The van der Waals surface area contributed by atoms with Crippen molar-refractivity contribution in [1.82, 2.24) is 14.8 Å². The van der Waals surface area contributed by atoms with E-state index in [1.165, 1.54) is 12.1 Å². The Bertz CT molecular complexity index is 821. The zero-order valence-corrected chi connectivity index (χ0v) is 11.5. The number of aryl methyl sites for hydroxylation is 1. The highest BCUT2D eigenvalue weighted by atomic mass is 19.4. The summed E-state index contributed by atoms with van der Waals surface area (Å²) >= 11 is 0. The van der Waals surface area contributed by atoms with Gasteiger partial charge in [-0.1, -0.05) is 0 Å². The van der Waals surface area contributed by atoms with Crippen LogP contribution in [0.3, 0.4) is 0 Å². The lowest BCUT2D eigenvalue weighted by atomic mass is 10.2. The molecule has 0 radical (unpaired) electrons. The number of pyridine rings is 1. The molecule has 0 saturated carbocycles. The van der Waals surface area contributed by atoms with Gasteiger partial charge < -0.3 is 11.1 Å². The number of fused-ring (bicyclic) bond motifs is 1. The Balaban J connectivity index is 1.96. The molecule has 0 saturated heterocycles. The Hall–Kier alpha value is -2.77. The van der Waals surface area contributed by atoms with Crippen LogP contribution in [0.4, 0.5) is 30.4 Å². The average Bonchev–Trinajstić information content (AvgIpc) is 2.80. The summed E-state index contributed by atoms with van der Waals surface area (Å²) in [6.45, 7) is 0. The minimum absolute atomic E-state index is 0.297. The van der Waals surface area contributed by atoms with Gasteiger partial charge in [0.2, 0.25) is 0 Å². The van der Waals surface area contributed by atoms with Crippen LogP contribution < -0.4 is 11.1 Å². The first-order valence-corrected chi connectivity index (χ1v) is 6.37. The van der Waals surface area contributed by atoms with Crippen molar-refractivity contribution in [3.05, 3.63) is 42.1 Å². The summed E-state index contributed by atoms with van der Waals surface area (Å²) in [4.78, 5) is 4.17. The van der Waals surface area contributed by atoms with Gasteiger partial charge in [0, 0.05) is 18.8 Å². The maximum atomic E-state index is 12.6. The molecule has 0 atom stereocenters. The first-order chi connectivity index (χ1) is 10.3. The second kappa shape index (κ2) is 4.90. The third-order valence-electron chi connectivity index (χ3n) is 3.22. The molecule has 2 heterocycles. The molecule has 3 N–H and O–H groups in total. The Morgan fingerprint density at radius 3 is 2.50 bits per heavy atom. The second-order valence-electron chi connectivity index (χ2n) is 4.80. The number of nitrogen functional groups attached to an aromatic ring is 1. The number of rotatable bonds is 2. The monoisotopic (exact) mass is 307 g/mol. The van der Waals surface area contributed by atoms with Crippen molar-refractivity contribution in [3.63, 3.8) is 0 Å². The molecule has 5 nitrogen and oxygen atoms in total. The SMILES string of the molecule is Cn1ncc2c(Nc3ccc(C(F)(F)F)cc3)cc(N)nc21. The molecular weight excluding hydrogens is 295 g/mol. The fraction of sp³-hybridized carbons (Fsp3) is 0.143. The van der Waals surface area contributed by atoms with Crippen LogP contribution in [0.15, 0.2) is 36.5 Å². The standard InChI is InChI=1S/C14H12F3N5/c1-22-13-10(7-19-22)11(6-12(18)21-13)20-9-4-2-8(3-5-9)14(15,16)17/h2-7H,1H3,(H3,18,20,21). The number of hydrogen-bond donors (Lipinski definition) is 2. The van der Waals surface area contributed by atoms with Gasteiger partial charge in [-0.15, -0.1) is 0 Å². The summed E-state index contributed by atoms with van der Waals surface area (Å²) in [5, 5.41) is 7.87. The minimum atomic E-state index is -4.35. The summed E-state index contributed by atoms with van der Waals surface area (Å²) in [5.41, 5.74) is 6.80. The molecule has 0 bridgehead atoms. The van der Waals surface area contributed by atoms with Gasteiger partial charge in [0.05, 0.1) is 22.8 Å². The highest BCUT2D eigenvalue weighted by Gasteiger charge is 2.29. The van der Waals surface area contributed by atoms with Crippen LogP contribution in [0.1, 0.15) is 5.56 Å². The first-order valence-electron chi connectivity index (χ1n) is 6.37. The van der Waals surface area contributed by atoms with Crippen LogP contribution >= 0.6 is 0 Å². The molecule has 2 aromatic heterocycles. The first kappa shape index (κ1) is 14.2. The predicted molar refractivity (Wildman–Crippen MR) is 77.6 cm³/mol. The van der Waals surface area contributed by atoms with Gasteiger partial charge in [0.25, 0.3) is 0 Å². The van der Waals surface area contributed by atoms with Gasteiger partial charge in [0.15, 0.2) is 5.65 Å². The fourth-order valence-electron chi connectivity index (χ4n) is 2.14. The molecule has 3 aromatic rings. The van der Waals surface area contributed by atoms with E-state index in [4.69, 9.17) is 5.73 Å². The highest BCUT2D eigenvalue weighted by Crippen LogP contribution is 2.31. The molecule has 3 rings (SSSR count).